The second-order valence-corrected chi connectivity index (χ2v) is 8.36. The summed E-state index contributed by atoms with van der Waals surface area (Å²) < 4.78 is 11.1. The number of hydrogen-bond acceptors (Lipinski definition) is 4. The first-order valence-corrected chi connectivity index (χ1v) is 11.1. The molecule has 0 saturated carbocycles. The summed E-state index contributed by atoms with van der Waals surface area (Å²) in [6.45, 7) is 11.9. The molecule has 174 valence electrons. The van der Waals surface area contributed by atoms with Gasteiger partial charge in [0.1, 0.15) is 17.5 Å². The van der Waals surface area contributed by atoms with Crippen LogP contribution in [-0.4, -0.2) is 42.5 Å². The highest BCUT2D eigenvalue weighted by Crippen LogP contribution is 2.23. The molecule has 0 unspecified atom stereocenters. The second kappa shape index (κ2) is 11.6. The van der Waals surface area contributed by atoms with Crippen molar-refractivity contribution in [1.29, 1.82) is 0 Å². The van der Waals surface area contributed by atoms with Gasteiger partial charge in [0.25, 0.3) is 5.91 Å². The van der Waals surface area contributed by atoms with E-state index >= 15 is 0 Å². The highest BCUT2D eigenvalue weighted by atomic mass is 16.5. The van der Waals surface area contributed by atoms with Gasteiger partial charge in [0, 0.05) is 12.6 Å². The maximum absolute atomic E-state index is 13.2. The van der Waals surface area contributed by atoms with Crippen LogP contribution in [0.1, 0.15) is 49.4 Å². The summed E-state index contributed by atoms with van der Waals surface area (Å²) in [6, 6.07) is 10.9. The van der Waals surface area contributed by atoms with E-state index in [0.29, 0.717) is 12.3 Å². The minimum atomic E-state index is -0.637. The van der Waals surface area contributed by atoms with Crippen LogP contribution in [0.2, 0.25) is 0 Å². The molecule has 0 spiro atoms. The number of carbonyl (C=O) groups is 2. The van der Waals surface area contributed by atoms with Crippen LogP contribution in [0.4, 0.5) is 0 Å². The van der Waals surface area contributed by atoms with Crippen LogP contribution in [0.3, 0.4) is 0 Å². The lowest BCUT2D eigenvalue weighted by Gasteiger charge is -2.29. The molecule has 2 aromatic carbocycles. The number of nitrogens with zero attached hydrogens (tertiary/aromatic N) is 1. The Morgan fingerprint density at radius 1 is 1.06 bits per heavy atom. The molecule has 2 amide bonds. The van der Waals surface area contributed by atoms with E-state index in [-0.39, 0.29) is 24.5 Å². The summed E-state index contributed by atoms with van der Waals surface area (Å²) in [4.78, 5) is 27.6. The van der Waals surface area contributed by atoms with Crippen LogP contribution in [0.15, 0.2) is 36.4 Å². The molecule has 0 bridgehead atoms. The van der Waals surface area contributed by atoms with Crippen molar-refractivity contribution in [3.8, 4) is 11.5 Å². The summed E-state index contributed by atoms with van der Waals surface area (Å²) in [5, 5.41) is 2.97. The summed E-state index contributed by atoms with van der Waals surface area (Å²) >= 11 is 0. The van der Waals surface area contributed by atoms with Gasteiger partial charge in [0.05, 0.1) is 7.11 Å². The molecule has 0 heterocycles. The van der Waals surface area contributed by atoms with Crippen molar-refractivity contribution in [3.63, 3.8) is 0 Å². The fourth-order valence-corrected chi connectivity index (χ4v) is 3.35. The molecule has 2 atom stereocenters. The van der Waals surface area contributed by atoms with Crippen molar-refractivity contribution >= 4 is 11.8 Å². The average molecular weight is 441 g/mol. The van der Waals surface area contributed by atoms with E-state index in [2.05, 4.69) is 11.4 Å². The van der Waals surface area contributed by atoms with Crippen molar-refractivity contribution in [1.82, 2.24) is 10.2 Å². The van der Waals surface area contributed by atoms with E-state index in [1.54, 1.807) is 18.9 Å². The van der Waals surface area contributed by atoms with Crippen LogP contribution in [-0.2, 0) is 16.1 Å². The van der Waals surface area contributed by atoms with Gasteiger partial charge in [0.2, 0.25) is 5.91 Å². The van der Waals surface area contributed by atoms with Gasteiger partial charge in [-0.05, 0) is 81.5 Å². The van der Waals surface area contributed by atoms with E-state index in [0.717, 1.165) is 34.4 Å². The van der Waals surface area contributed by atoms with Crippen molar-refractivity contribution in [2.45, 2.75) is 66.6 Å². The highest BCUT2D eigenvalue weighted by molar-refractivity contribution is 5.88. The normalized spacial score (nSPS) is 12.6. The number of nitrogens with one attached hydrogen (secondary N) is 1. The first kappa shape index (κ1) is 25.2. The smallest absolute Gasteiger partial charge is 0.261 e. The Balaban J connectivity index is 2.21. The van der Waals surface area contributed by atoms with Gasteiger partial charge < -0.3 is 19.7 Å². The number of aryl methyl sites for hydroxylation is 2. The van der Waals surface area contributed by atoms with Crippen LogP contribution in [0.5, 0.6) is 11.5 Å². The van der Waals surface area contributed by atoms with Crippen LogP contribution >= 0.6 is 0 Å². The third-order valence-corrected chi connectivity index (χ3v) is 5.80. The van der Waals surface area contributed by atoms with Gasteiger partial charge in [-0.3, -0.25) is 9.59 Å². The standard InChI is InChI=1S/C26H36N2O4/c1-8-19(4)27-26(30)21(6)28(15-22-9-11-23(31-7)12-10-22)25(29)16-32-24-14-17(2)13-18(3)20(24)5/h9-14,19,21H,8,15-16H2,1-7H3,(H,27,30)/t19-,21+/m1/s1. The lowest BCUT2D eigenvalue weighted by molar-refractivity contribution is -0.142. The fourth-order valence-electron chi connectivity index (χ4n) is 3.35. The molecular formula is C26H36N2O4. The predicted octanol–water partition coefficient (Wildman–Crippen LogP) is 4.33. The Morgan fingerprint density at radius 3 is 2.31 bits per heavy atom. The monoisotopic (exact) mass is 440 g/mol. The van der Waals surface area contributed by atoms with Gasteiger partial charge in [0.15, 0.2) is 6.61 Å². The molecule has 2 rings (SSSR count). The number of benzene rings is 2. The van der Waals surface area contributed by atoms with Crippen LogP contribution in [0, 0.1) is 20.8 Å². The molecule has 0 radical (unpaired) electrons. The van der Waals surface area contributed by atoms with Crippen molar-refractivity contribution < 1.29 is 19.1 Å². The highest BCUT2D eigenvalue weighted by Gasteiger charge is 2.27. The van der Waals surface area contributed by atoms with Gasteiger partial charge >= 0.3 is 0 Å². The van der Waals surface area contributed by atoms with Gasteiger partial charge in [-0.2, -0.15) is 0 Å². The fraction of sp³-hybridized carbons (Fsp3) is 0.462. The van der Waals surface area contributed by atoms with Gasteiger partial charge in [-0.25, -0.2) is 0 Å². The molecule has 0 saturated heterocycles. The maximum Gasteiger partial charge on any atom is 0.261 e. The van der Waals surface area contributed by atoms with Crippen molar-refractivity contribution in [2.75, 3.05) is 13.7 Å². The van der Waals surface area contributed by atoms with Crippen LogP contribution < -0.4 is 14.8 Å². The van der Waals surface area contributed by atoms with Crippen molar-refractivity contribution in [3.05, 3.63) is 58.7 Å². The van der Waals surface area contributed by atoms with Crippen LogP contribution in [0.25, 0.3) is 0 Å². The van der Waals surface area contributed by atoms with E-state index in [9.17, 15) is 9.59 Å². The third kappa shape index (κ3) is 6.74. The lowest BCUT2D eigenvalue weighted by Crippen LogP contribution is -2.50. The largest absolute Gasteiger partial charge is 0.497 e. The zero-order chi connectivity index (χ0) is 23.8. The number of carbonyl (C=O) groups excluding carboxylic acids is 2. The first-order chi connectivity index (χ1) is 15.2. The van der Waals surface area contributed by atoms with Gasteiger partial charge in [-0.1, -0.05) is 25.1 Å². The molecule has 0 aliphatic rings. The number of rotatable bonds is 10. The minimum Gasteiger partial charge on any atom is -0.497 e. The SMILES string of the molecule is CC[C@@H](C)NC(=O)[C@H](C)N(Cc1ccc(OC)cc1)C(=O)COc1cc(C)cc(C)c1C. The van der Waals surface area contributed by atoms with Crippen molar-refractivity contribution in [2.24, 2.45) is 0 Å². The molecule has 32 heavy (non-hydrogen) atoms. The lowest BCUT2D eigenvalue weighted by atomic mass is 10.1. The Bertz CT molecular complexity index is 924. The summed E-state index contributed by atoms with van der Waals surface area (Å²) in [7, 11) is 1.61. The molecule has 0 aliphatic carbocycles. The van der Waals surface area contributed by atoms with E-state index in [1.165, 1.54) is 0 Å². The number of ether oxygens (including phenoxy) is 2. The Kier molecular flexibility index (Phi) is 9.12. The van der Waals surface area contributed by atoms with E-state index in [4.69, 9.17) is 9.47 Å². The predicted molar refractivity (Wildman–Crippen MR) is 127 cm³/mol. The number of methoxy groups -OCH3 is 1. The molecule has 0 aromatic heterocycles. The maximum atomic E-state index is 13.2. The minimum absolute atomic E-state index is 0.0389. The molecule has 2 aromatic rings. The quantitative estimate of drug-likeness (QED) is 0.597. The zero-order valence-corrected chi connectivity index (χ0v) is 20.3. The summed E-state index contributed by atoms with van der Waals surface area (Å²) in [5.41, 5.74) is 4.10. The summed E-state index contributed by atoms with van der Waals surface area (Å²) in [6.07, 6.45) is 0.819. The second-order valence-electron chi connectivity index (χ2n) is 8.36. The molecular weight excluding hydrogens is 404 g/mol. The molecule has 0 fully saturated rings. The topological polar surface area (TPSA) is 67.9 Å². The third-order valence-electron chi connectivity index (χ3n) is 5.80. The summed E-state index contributed by atoms with van der Waals surface area (Å²) in [5.74, 6) is 1.01. The molecule has 6 heteroatoms. The zero-order valence-electron chi connectivity index (χ0n) is 20.3. The average Bonchev–Trinajstić information content (AvgIpc) is 2.78. The Labute approximate surface area is 191 Å². The molecule has 1 N–H and O–H groups in total. The van der Waals surface area contributed by atoms with E-state index in [1.807, 2.05) is 65.0 Å². The number of hydrogen-bond donors (Lipinski definition) is 1. The van der Waals surface area contributed by atoms with Gasteiger partial charge in [-0.15, -0.1) is 0 Å². The molecule has 6 nitrogen and oxygen atoms in total. The van der Waals surface area contributed by atoms with E-state index < -0.39 is 6.04 Å². The Hall–Kier alpha value is -3.02. The molecule has 0 aliphatic heterocycles. The Morgan fingerprint density at radius 2 is 1.72 bits per heavy atom. The number of amides is 2. The first-order valence-electron chi connectivity index (χ1n) is 11.1.